The molecule has 0 unspecified atom stereocenters. The van der Waals surface area contributed by atoms with Crippen molar-refractivity contribution in [2.24, 2.45) is 5.10 Å². The molecule has 1 aliphatic heterocycles. The number of nitrogens with one attached hydrogen (secondary N) is 1. The first-order valence-electron chi connectivity index (χ1n) is 8.61. The standard InChI is InChI=1S/C19H23ClN4O2/c1-14-11-16(15(2)24(14)18-5-3-17(20)4-6-18)12-21-22-19(25)13-23-7-9-26-10-8-23/h3-6,11-12H,7-10,13H2,1-2H3,(H,22,25). The molecule has 2 heterocycles. The minimum absolute atomic E-state index is 0.116. The Labute approximate surface area is 158 Å². The molecular formula is C19H23ClN4O2. The van der Waals surface area contributed by atoms with Crippen molar-refractivity contribution in [3.05, 3.63) is 52.3 Å². The van der Waals surface area contributed by atoms with Gasteiger partial charge in [-0.1, -0.05) is 11.6 Å². The zero-order valence-electron chi connectivity index (χ0n) is 15.0. The number of aromatic nitrogens is 1. The summed E-state index contributed by atoms with van der Waals surface area (Å²) >= 11 is 5.97. The highest BCUT2D eigenvalue weighted by atomic mass is 35.5. The van der Waals surface area contributed by atoms with Crippen LogP contribution in [0.25, 0.3) is 5.69 Å². The molecule has 0 radical (unpaired) electrons. The van der Waals surface area contributed by atoms with Gasteiger partial charge in [-0.25, -0.2) is 5.43 Å². The van der Waals surface area contributed by atoms with E-state index in [9.17, 15) is 4.79 Å². The number of rotatable bonds is 5. The van der Waals surface area contributed by atoms with E-state index in [2.05, 4.69) is 20.0 Å². The Morgan fingerprint density at radius 3 is 2.65 bits per heavy atom. The van der Waals surface area contributed by atoms with Crippen LogP contribution < -0.4 is 5.43 Å². The van der Waals surface area contributed by atoms with Gasteiger partial charge in [0.15, 0.2) is 0 Å². The third kappa shape index (κ3) is 4.52. The van der Waals surface area contributed by atoms with Crippen molar-refractivity contribution in [1.82, 2.24) is 14.9 Å². The van der Waals surface area contributed by atoms with E-state index in [4.69, 9.17) is 16.3 Å². The number of halogens is 1. The smallest absolute Gasteiger partial charge is 0.254 e. The van der Waals surface area contributed by atoms with Crippen LogP contribution in [0.2, 0.25) is 5.02 Å². The van der Waals surface area contributed by atoms with E-state index in [1.165, 1.54) is 0 Å². The Bertz CT molecular complexity index is 793. The maximum atomic E-state index is 12.0. The molecule has 1 N–H and O–H groups in total. The van der Waals surface area contributed by atoms with E-state index in [0.29, 0.717) is 24.8 Å². The second-order valence-electron chi connectivity index (χ2n) is 6.32. The summed E-state index contributed by atoms with van der Waals surface area (Å²) in [7, 11) is 0. The number of nitrogens with zero attached hydrogens (tertiary/aromatic N) is 3. The van der Waals surface area contributed by atoms with Crippen molar-refractivity contribution in [1.29, 1.82) is 0 Å². The summed E-state index contributed by atoms with van der Waals surface area (Å²) in [6.45, 7) is 7.30. The predicted molar refractivity (Wildman–Crippen MR) is 103 cm³/mol. The van der Waals surface area contributed by atoms with Crippen molar-refractivity contribution in [3.8, 4) is 5.69 Å². The highest BCUT2D eigenvalue weighted by molar-refractivity contribution is 6.30. The molecule has 0 atom stereocenters. The first-order valence-corrected chi connectivity index (χ1v) is 8.99. The second kappa shape index (κ2) is 8.49. The zero-order valence-corrected chi connectivity index (χ0v) is 15.8. The summed E-state index contributed by atoms with van der Waals surface area (Å²) in [6, 6.07) is 9.74. The summed E-state index contributed by atoms with van der Waals surface area (Å²) in [4.78, 5) is 14.0. The van der Waals surface area contributed by atoms with E-state index in [0.717, 1.165) is 35.7 Å². The van der Waals surface area contributed by atoms with Crippen molar-refractivity contribution < 1.29 is 9.53 Å². The molecular weight excluding hydrogens is 352 g/mol. The summed E-state index contributed by atoms with van der Waals surface area (Å²) in [5, 5.41) is 4.82. The molecule has 6 nitrogen and oxygen atoms in total. The van der Waals surface area contributed by atoms with Crippen LogP contribution in [0.5, 0.6) is 0 Å². The quantitative estimate of drug-likeness (QED) is 0.646. The molecule has 3 rings (SSSR count). The zero-order chi connectivity index (χ0) is 18.5. The van der Waals surface area contributed by atoms with Gasteiger partial charge in [-0.15, -0.1) is 0 Å². The van der Waals surface area contributed by atoms with Crippen LogP contribution in [0.4, 0.5) is 0 Å². The van der Waals surface area contributed by atoms with Gasteiger partial charge in [0.2, 0.25) is 0 Å². The van der Waals surface area contributed by atoms with Crippen LogP contribution in [0, 0.1) is 13.8 Å². The van der Waals surface area contributed by atoms with E-state index in [1.54, 1.807) is 6.21 Å². The van der Waals surface area contributed by atoms with Crippen LogP contribution in [0.3, 0.4) is 0 Å². The predicted octanol–water partition coefficient (Wildman–Crippen LogP) is 2.53. The average molecular weight is 375 g/mol. The van der Waals surface area contributed by atoms with Crippen LogP contribution >= 0.6 is 11.6 Å². The fourth-order valence-electron chi connectivity index (χ4n) is 3.08. The molecule has 0 saturated carbocycles. The molecule has 1 fully saturated rings. The fraction of sp³-hybridized carbons (Fsp3) is 0.368. The number of aryl methyl sites for hydroxylation is 1. The summed E-state index contributed by atoms with van der Waals surface area (Å²) in [6.07, 6.45) is 1.69. The van der Waals surface area contributed by atoms with Gasteiger partial charge in [-0.2, -0.15) is 5.10 Å². The van der Waals surface area contributed by atoms with Crippen LogP contribution in [0.15, 0.2) is 35.4 Å². The number of morpholine rings is 1. The lowest BCUT2D eigenvalue weighted by atomic mass is 10.2. The Hall–Kier alpha value is -2.15. The minimum atomic E-state index is -0.116. The monoisotopic (exact) mass is 374 g/mol. The number of carbonyl (C=O) groups excluding carboxylic acids is 1. The number of ether oxygens (including phenoxy) is 1. The van der Waals surface area contributed by atoms with Crippen molar-refractivity contribution in [2.45, 2.75) is 13.8 Å². The van der Waals surface area contributed by atoms with Crippen LogP contribution in [-0.2, 0) is 9.53 Å². The first kappa shape index (κ1) is 18.6. The number of benzene rings is 1. The number of hydrogen-bond acceptors (Lipinski definition) is 4. The van der Waals surface area contributed by atoms with Gasteiger partial charge >= 0.3 is 0 Å². The molecule has 26 heavy (non-hydrogen) atoms. The third-order valence-corrected chi connectivity index (χ3v) is 4.67. The Morgan fingerprint density at radius 2 is 1.96 bits per heavy atom. The summed E-state index contributed by atoms with van der Waals surface area (Å²) < 4.78 is 7.41. The molecule has 7 heteroatoms. The van der Waals surface area contributed by atoms with Gasteiger partial charge in [0.05, 0.1) is 26.0 Å². The molecule has 1 aliphatic rings. The average Bonchev–Trinajstić information content (AvgIpc) is 2.90. The van der Waals surface area contributed by atoms with Gasteiger partial charge in [-0.05, 0) is 44.2 Å². The SMILES string of the molecule is Cc1cc(C=NNC(=O)CN2CCOCC2)c(C)n1-c1ccc(Cl)cc1. The van der Waals surface area contributed by atoms with Crippen LogP contribution in [-0.4, -0.2) is 54.4 Å². The molecule has 1 saturated heterocycles. The Kier molecular flexibility index (Phi) is 6.08. The van der Waals surface area contributed by atoms with Gasteiger partial charge in [-0.3, -0.25) is 9.69 Å². The van der Waals surface area contributed by atoms with E-state index >= 15 is 0 Å². The van der Waals surface area contributed by atoms with Crippen molar-refractivity contribution in [3.63, 3.8) is 0 Å². The summed E-state index contributed by atoms with van der Waals surface area (Å²) in [5.41, 5.74) is 6.75. The van der Waals surface area contributed by atoms with Crippen LogP contribution in [0.1, 0.15) is 17.0 Å². The van der Waals surface area contributed by atoms with E-state index in [1.807, 2.05) is 44.2 Å². The van der Waals surface area contributed by atoms with Gasteiger partial charge in [0, 0.05) is 40.8 Å². The molecule has 0 spiro atoms. The minimum Gasteiger partial charge on any atom is -0.379 e. The van der Waals surface area contributed by atoms with E-state index < -0.39 is 0 Å². The largest absolute Gasteiger partial charge is 0.379 e. The first-order chi connectivity index (χ1) is 12.5. The number of amides is 1. The maximum Gasteiger partial charge on any atom is 0.254 e. The van der Waals surface area contributed by atoms with E-state index in [-0.39, 0.29) is 5.91 Å². The lowest BCUT2D eigenvalue weighted by molar-refractivity contribution is -0.123. The fourth-order valence-corrected chi connectivity index (χ4v) is 3.20. The second-order valence-corrected chi connectivity index (χ2v) is 6.76. The number of carbonyl (C=O) groups is 1. The van der Waals surface area contributed by atoms with Gasteiger partial charge in [0.25, 0.3) is 5.91 Å². The van der Waals surface area contributed by atoms with Gasteiger partial charge < -0.3 is 9.30 Å². The third-order valence-electron chi connectivity index (χ3n) is 4.42. The topological polar surface area (TPSA) is 58.9 Å². The highest BCUT2D eigenvalue weighted by Gasteiger charge is 2.14. The molecule has 138 valence electrons. The molecule has 1 aromatic carbocycles. The molecule has 2 aromatic rings. The Morgan fingerprint density at radius 1 is 1.27 bits per heavy atom. The highest BCUT2D eigenvalue weighted by Crippen LogP contribution is 2.21. The molecule has 1 aromatic heterocycles. The normalized spacial score (nSPS) is 15.5. The lowest BCUT2D eigenvalue weighted by Crippen LogP contribution is -2.42. The molecule has 0 aliphatic carbocycles. The number of hydrazone groups is 1. The summed E-state index contributed by atoms with van der Waals surface area (Å²) in [5.74, 6) is -0.116. The maximum absolute atomic E-state index is 12.0. The van der Waals surface area contributed by atoms with Crippen molar-refractivity contribution in [2.75, 3.05) is 32.8 Å². The molecule has 1 amide bonds. The van der Waals surface area contributed by atoms with Gasteiger partial charge in [0.1, 0.15) is 0 Å². The Balaban J connectivity index is 1.64. The number of hydrogen-bond donors (Lipinski definition) is 1. The molecule has 0 bridgehead atoms. The lowest BCUT2D eigenvalue weighted by Gasteiger charge is -2.25. The van der Waals surface area contributed by atoms with Crippen molar-refractivity contribution >= 4 is 23.7 Å².